The average molecular weight is 182 g/mol. The number of carbonyl (C=O) groups is 1. The van der Waals surface area contributed by atoms with Gasteiger partial charge in [0.1, 0.15) is 0 Å². The summed E-state index contributed by atoms with van der Waals surface area (Å²) in [7, 11) is 0. The van der Waals surface area contributed by atoms with Gasteiger partial charge in [0.2, 0.25) is 0 Å². The molecule has 0 aliphatic heterocycles. The molecule has 0 unspecified atom stereocenters. The summed E-state index contributed by atoms with van der Waals surface area (Å²) >= 11 is 0. The zero-order valence-corrected chi connectivity index (χ0v) is 8.04. The van der Waals surface area contributed by atoms with E-state index in [9.17, 15) is 4.79 Å². The first-order chi connectivity index (χ1) is 6.22. The molecule has 0 bridgehead atoms. The van der Waals surface area contributed by atoms with Crippen molar-refractivity contribution in [2.45, 2.75) is 38.5 Å². The minimum Gasteiger partial charge on any atom is -0.481 e. The van der Waals surface area contributed by atoms with Crippen LogP contribution >= 0.6 is 0 Å². The molecule has 2 nitrogen and oxygen atoms in total. The Kier molecular flexibility index (Phi) is 4.00. The summed E-state index contributed by atoms with van der Waals surface area (Å²) in [4.78, 5) is 10.5. The third-order valence-electron chi connectivity index (χ3n) is 2.93. The molecule has 0 atom stereocenters. The zero-order chi connectivity index (χ0) is 9.68. The molecule has 1 aliphatic rings. The van der Waals surface area contributed by atoms with Gasteiger partial charge in [-0.05, 0) is 43.9 Å². The van der Waals surface area contributed by atoms with E-state index in [-0.39, 0.29) is 0 Å². The molecule has 0 spiro atoms. The first-order valence-electron chi connectivity index (χ1n) is 5.05. The standard InChI is InChI=1S/C11H18O2/c1-2-3-9-4-6-10(7-5-9)8-11(12)13/h2,9-10H,1,3-8H2,(H,12,13)/t9-,10-. The van der Waals surface area contributed by atoms with Gasteiger partial charge in [-0.25, -0.2) is 0 Å². The third-order valence-corrected chi connectivity index (χ3v) is 2.93. The van der Waals surface area contributed by atoms with Crippen molar-refractivity contribution in [3.63, 3.8) is 0 Å². The molecule has 2 heteroatoms. The predicted octanol–water partition coefficient (Wildman–Crippen LogP) is 2.84. The van der Waals surface area contributed by atoms with Crippen LogP contribution in [0, 0.1) is 11.8 Å². The lowest BCUT2D eigenvalue weighted by molar-refractivity contribution is -0.138. The lowest BCUT2D eigenvalue weighted by Crippen LogP contribution is -2.16. The van der Waals surface area contributed by atoms with Crippen LogP contribution in [0.15, 0.2) is 12.7 Å². The second kappa shape index (κ2) is 5.05. The smallest absolute Gasteiger partial charge is 0.303 e. The fraction of sp³-hybridized carbons (Fsp3) is 0.727. The van der Waals surface area contributed by atoms with Crippen LogP contribution in [-0.4, -0.2) is 11.1 Å². The van der Waals surface area contributed by atoms with E-state index in [2.05, 4.69) is 6.58 Å². The molecule has 0 aromatic heterocycles. The summed E-state index contributed by atoms with van der Waals surface area (Å²) < 4.78 is 0. The van der Waals surface area contributed by atoms with Gasteiger partial charge < -0.3 is 5.11 Å². The van der Waals surface area contributed by atoms with E-state index in [1.54, 1.807) is 0 Å². The van der Waals surface area contributed by atoms with Gasteiger partial charge in [0, 0.05) is 6.42 Å². The normalized spacial score (nSPS) is 28.3. The Morgan fingerprint density at radius 3 is 2.31 bits per heavy atom. The van der Waals surface area contributed by atoms with Crippen LogP contribution in [-0.2, 0) is 4.79 Å². The van der Waals surface area contributed by atoms with Gasteiger partial charge in [-0.2, -0.15) is 0 Å². The van der Waals surface area contributed by atoms with Gasteiger partial charge in [0.05, 0.1) is 0 Å². The predicted molar refractivity (Wildman–Crippen MR) is 52.5 cm³/mol. The van der Waals surface area contributed by atoms with Crippen LogP contribution in [0.5, 0.6) is 0 Å². The minimum atomic E-state index is -0.646. The Balaban J connectivity index is 2.22. The number of rotatable bonds is 4. The molecule has 0 aromatic carbocycles. The van der Waals surface area contributed by atoms with Crippen molar-refractivity contribution in [1.82, 2.24) is 0 Å². The highest BCUT2D eigenvalue weighted by Crippen LogP contribution is 2.32. The Morgan fingerprint density at radius 2 is 1.85 bits per heavy atom. The van der Waals surface area contributed by atoms with Crippen LogP contribution < -0.4 is 0 Å². The van der Waals surface area contributed by atoms with Crippen molar-refractivity contribution in [3.05, 3.63) is 12.7 Å². The second-order valence-electron chi connectivity index (χ2n) is 4.01. The maximum Gasteiger partial charge on any atom is 0.303 e. The molecule has 0 heterocycles. The third kappa shape index (κ3) is 3.62. The van der Waals surface area contributed by atoms with E-state index in [0.717, 1.165) is 25.2 Å². The molecular weight excluding hydrogens is 164 g/mol. The van der Waals surface area contributed by atoms with Crippen molar-refractivity contribution in [3.8, 4) is 0 Å². The molecule has 13 heavy (non-hydrogen) atoms. The second-order valence-corrected chi connectivity index (χ2v) is 4.01. The van der Waals surface area contributed by atoms with E-state index >= 15 is 0 Å². The highest BCUT2D eigenvalue weighted by Gasteiger charge is 2.21. The highest BCUT2D eigenvalue weighted by atomic mass is 16.4. The van der Waals surface area contributed by atoms with Crippen LogP contribution in [0.2, 0.25) is 0 Å². The van der Waals surface area contributed by atoms with Gasteiger partial charge in [-0.15, -0.1) is 6.58 Å². The van der Waals surface area contributed by atoms with E-state index in [4.69, 9.17) is 5.11 Å². The van der Waals surface area contributed by atoms with Crippen molar-refractivity contribution in [2.24, 2.45) is 11.8 Å². The molecule has 0 amide bonds. The van der Waals surface area contributed by atoms with E-state index in [1.807, 2.05) is 6.08 Å². The average Bonchev–Trinajstić information content (AvgIpc) is 2.08. The molecule has 1 aliphatic carbocycles. The molecule has 1 saturated carbocycles. The maximum absolute atomic E-state index is 10.5. The Hall–Kier alpha value is -0.790. The molecule has 0 saturated heterocycles. The summed E-state index contributed by atoms with van der Waals surface area (Å²) in [5, 5.41) is 8.62. The van der Waals surface area contributed by atoms with Gasteiger partial charge >= 0.3 is 5.97 Å². The summed E-state index contributed by atoms with van der Waals surface area (Å²) in [6.07, 6.45) is 7.98. The first-order valence-corrected chi connectivity index (χ1v) is 5.05. The van der Waals surface area contributed by atoms with Gasteiger partial charge in [0.15, 0.2) is 0 Å². The topological polar surface area (TPSA) is 37.3 Å². The Bertz CT molecular complexity index is 179. The van der Waals surface area contributed by atoms with Gasteiger partial charge in [-0.3, -0.25) is 4.79 Å². The Labute approximate surface area is 79.6 Å². The monoisotopic (exact) mass is 182 g/mol. The van der Waals surface area contributed by atoms with Crippen LogP contribution in [0.4, 0.5) is 0 Å². The number of allylic oxidation sites excluding steroid dienone is 1. The lowest BCUT2D eigenvalue weighted by atomic mass is 9.79. The highest BCUT2D eigenvalue weighted by molar-refractivity contribution is 5.67. The molecule has 0 radical (unpaired) electrons. The van der Waals surface area contributed by atoms with Crippen LogP contribution in [0.3, 0.4) is 0 Å². The molecule has 0 aromatic rings. The SMILES string of the molecule is C=CC[C@H]1CC[C@H](CC(=O)O)CC1. The van der Waals surface area contributed by atoms with Crippen LogP contribution in [0.25, 0.3) is 0 Å². The zero-order valence-electron chi connectivity index (χ0n) is 8.04. The minimum absolute atomic E-state index is 0.362. The van der Waals surface area contributed by atoms with Crippen molar-refractivity contribution in [1.29, 1.82) is 0 Å². The number of hydrogen-bond acceptors (Lipinski definition) is 1. The summed E-state index contributed by atoms with van der Waals surface area (Å²) in [5.41, 5.74) is 0. The largest absolute Gasteiger partial charge is 0.481 e. The van der Waals surface area contributed by atoms with Crippen molar-refractivity contribution < 1.29 is 9.90 Å². The van der Waals surface area contributed by atoms with Crippen LogP contribution in [0.1, 0.15) is 38.5 Å². The molecule has 1 N–H and O–H groups in total. The number of carboxylic acid groups (broad SMARTS) is 1. The first kappa shape index (κ1) is 10.3. The fourth-order valence-corrected chi connectivity index (χ4v) is 2.15. The number of carboxylic acids is 1. The van der Waals surface area contributed by atoms with Gasteiger partial charge in [-0.1, -0.05) is 6.08 Å². The molecular formula is C11H18O2. The van der Waals surface area contributed by atoms with E-state index < -0.39 is 5.97 Å². The van der Waals surface area contributed by atoms with Crippen molar-refractivity contribution in [2.75, 3.05) is 0 Å². The summed E-state index contributed by atoms with van der Waals surface area (Å²) in [6, 6.07) is 0. The Morgan fingerprint density at radius 1 is 1.31 bits per heavy atom. The molecule has 74 valence electrons. The van der Waals surface area contributed by atoms with E-state index in [1.165, 1.54) is 12.8 Å². The fourth-order valence-electron chi connectivity index (χ4n) is 2.15. The van der Waals surface area contributed by atoms with E-state index in [0.29, 0.717) is 12.3 Å². The van der Waals surface area contributed by atoms with Gasteiger partial charge in [0.25, 0.3) is 0 Å². The van der Waals surface area contributed by atoms with Crippen molar-refractivity contribution >= 4 is 5.97 Å². The lowest BCUT2D eigenvalue weighted by Gasteiger charge is -2.26. The molecule has 1 fully saturated rings. The molecule has 1 rings (SSSR count). The summed E-state index contributed by atoms with van der Waals surface area (Å²) in [5.74, 6) is 0.549. The number of hydrogen-bond donors (Lipinski definition) is 1. The maximum atomic E-state index is 10.5. The summed E-state index contributed by atoms with van der Waals surface area (Å²) in [6.45, 7) is 3.73. The quantitative estimate of drug-likeness (QED) is 0.679. The number of aliphatic carboxylic acids is 1.